The highest BCUT2D eigenvalue weighted by atomic mass is 16.3. The molecule has 10 nitrogen and oxygen atoms in total. The van der Waals surface area contributed by atoms with Gasteiger partial charge in [-0.15, -0.1) is 0 Å². The Morgan fingerprint density at radius 3 is 2.37 bits per heavy atom. The third-order valence-corrected chi connectivity index (χ3v) is 7.52. The molecule has 3 aromatic carbocycles. The second-order valence-electron chi connectivity index (χ2n) is 11.5. The smallest absolute Gasteiger partial charge is 0.318 e. The molecule has 2 atom stereocenters. The minimum Gasteiger partial charge on any atom is -0.394 e. The Labute approximate surface area is 252 Å². The molecule has 1 heterocycles. The molecule has 0 saturated heterocycles. The second-order valence-corrected chi connectivity index (χ2v) is 11.5. The van der Waals surface area contributed by atoms with Crippen LogP contribution in [0.15, 0.2) is 72.8 Å². The van der Waals surface area contributed by atoms with Crippen molar-refractivity contribution in [2.45, 2.75) is 57.5 Å². The lowest BCUT2D eigenvalue weighted by molar-refractivity contribution is -0.137. The molecule has 228 valence electrons. The van der Waals surface area contributed by atoms with E-state index in [1.54, 1.807) is 11.9 Å². The summed E-state index contributed by atoms with van der Waals surface area (Å²) in [6, 6.07) is 22.3. The van der Waals surface area contributed by atoms with Gasteiger partial charge in [0, 0.05) is 50.6 Å². The summed E-state index contributed by atoms with van der Waals surface area (Å²) in [6.45, 7) is 4.24. The van der Waals surface area contributed by atoms with Gasteiger partial charge in [0.1, 0.15) is 6.04 Å². The highest BCUT2D eigenvalue weighted by Crippen LogP contribution is 2.29. The minimum atomic E-state index is -0.918. The SMILES string of the molecule is CNC(=O)Nc1ccccc1-c1ccc(CN2Cc3ccccc3C[C@@H](NC(=O)CC(C)(C)NC[C@H](O)CO)C2=O)cc1. The lowest BCUT2D eigenvalue weighted by Gasteiger charge is -2.29. The molecule has 0 bridgehead atoms. The van der Waals surface area contributed by atoms with Gasteiger partial charge in [-0.05, 0) is 42.2 Å². The first-order valence-electron chi connectivity index (χ1n) is 14.4. The molecular formula is C33H41N5O5. The third kappa shape index (κ3) is 8.63. The van der Waals surface area contributed by atoms with Crippen LogP contribution in [0.5, 0.6) is 0 Å². The molecule has 1 aliphatic rings. The van der Waals surface area contributed by atoms with Gasteiger partial charge in [-0.25, -0.2) is 4.79 Å². The number of fused-ring (bicyclic) bond motifs is 1. The number of carbonyl (C=O) groups is 3. The number of amides is 4. The van der Waals surface area contributed by atoms with E-state index in [2.05, 4.69) is 21.3 Å². The number of para-hydroxylation sites is 1. The van der Waals surface area contributed by atoms with Gasteiger partial charge in [-0.2, -0.15) is 0 Å². The Bertz CT molecular complexity index is 1430. The van der Waals surface area contributed by atoms with Crippen molar-refractivity contribution in [1.29, 1.82) is 0 Å². The number of carbonyl (C=O) groups excluding carboxylic acids is 3. The van der Waals surface area contributed by atoms with E-state index in [4.69, 9.17) is 5.11 Å². The summed E-state index contributed by atoms with van der Waals surface area (Å²) in [5.41, 5.74) is 4.84. The van der Waals surface area contributed by atoms with Gasteiger partial charge in [0.15, 0.2) is 0 Å². The number of anilines is 1. The summed E-state index contributed by atoms with van der Waals surface area (Å²) in [5.74, 6) is -0.433. The predicted octanol–water partition coefficient (Wildman–Crippen LogP) is 2.79. The zero-order valence-corrected chi connectivity index (χ0v) is 24.9. The maximum absolute atomic E-state index is 13.8. The molecule has 0 aliphatic carbocycles. The fourth-order valence-electron chi connectivity index (χ4n) is 5.18. The fourth-order valence-corrected chi connectivity index (χ4v) is 5.18. The van der Waals surface area contributed by atoms with Crippen molar-refractivity contribution < 1.29 is 24.6 Å². The van der Waals surface area contributed by atoms with E-state index in [0.717, 1.165) is 27.8 Å². The number of aliphatic hydroxyl groups is 2. The van der Waals surface area contributed by atoms with Crippen molar-refractivity contribution in [3.8, 4) is 11.1 Å². The van der Waals surface area contributed by atoms with Crippen molar-refractivity contribution in [3.63, 3.8) is 0 Å². The van der Waals surface area contributed by atoms with Crippen LogP contribution in [0.25, 0.3) is 11.1 Å². The van der Waals surface area contributed by atoms with Gasteiger partial charge in [0.05, 0.1) is 18.4 Å². The zero-order valence-electron chi connectivity index (χ0n) is 24.9. The molecule has 6 N–H and O–H groups in total. The van der Waals surface area contributed by atoms with Crippen LogP contribution in [0, 0.1) is 0 Å². The summed E-state index contributed by atoms with van der Waals surface area (Å²) in [5, 5.41) is 30.2. The van der Waals surface area contributed by atoms with E-state index in [-0.39, 0.29) is 37.4 Å². The number of urea groups is 1. The summed E-state index contributed by atoms with van der Waals surface area (Å²) in [4.78, 5) is 40.6. The van der Waals surface area contributed by atoms with Crippen LogP contribution in [0.1, 0.15) is 37.0 Å². The minimum absolute atomic E-state index is 0.0916. The van der Waals surface area contributed by atoms with Crippen molar-refractivity contribution in [2.24, 2.45) is 0 Å². The van der Waals surface area contributed by atoms with Crippen molar-refractivity contribution in [3.05, 3.63) is 89.5 Å². The number of β-amino-alcohol motifs (C(OH)–C–C–N with tert-alkyl or cyclic N) is 1. The average Bonchev–Trinajstić information content (AvgIpc) is 3.12. The predicted molar refractivity (Wildman–Crippen MR) is 166 cm³/mol. The van der Waals surface area contributed by atoms with Crippen LogP contribution >= 0.6 is 0 Å². The van der Waals surface area contributed by atoms with Crippen molar-refractivity contribution >= 4 is 23.5 Å². The first-order valence-corrected chi connectivity index (χ1v) is 14.4. The second kappa shape index (κ2) is 14.3. The van der Waals surface area contributed by atoms with Gasteiger partial charge < -0.3 is 36.4 Å². The zero-order chi connectivity index (χ0) is 31.0. The maximum Gasteiger partial charge on any atom is 0.318 e. The highest BCUT2D eigenvalue weighted by molar-refractivity contribution is 5.94. The molecule has 0 spiro atoms. The molecule has 0 aromatic heterocycles. The normalized spacial score (nSPS) is 15.7. The largest absolute Gasteiger partial charge is 0.394 e. The van der Waals surface area contributed by atoms with Crippen LogP contribution in [0.3, 0.4) is 0 Å². The van der Waals surface area contributed by atoms with Gasteiger partial charge in [0.2, 0.25) is 11.8 Å². The van der Waals surface area contributed by atoms with Crippen LogP contribution in [-0.4, -0.2) is 70.8 Å². The van der Waals surface area contributed by atoms with E-state index < -0.39 is 17.7 Å². The average molecular weight is 588 g/mol. The lowest BCUT2D eigenvalue weighted by Crippen LogP contribution is -2.51. The number of aliphatic hydroxyl groups excluding tert-OH is 2. The molecule has 0 radical (unpaired) electrons. The number of hydrogen-bond donors (Lipinski definition) is 6. The third-order valence-electron chi connectivity index (χ3n) is 7.52. The number of nitrogens with one attached hydrogen (secondary N) is 4. The number of hydrogen-bond acceptors (Lipinski definition) is 6. The summed E-state index contributed by atoms with van der Waals surface area (Å²) >= 11 is 0. The van der Waals surface area contributed by atoms with Crippen LogP contribution in [0.2, 0.25) is 0 Å². The summed E-state index contributed by atoms with van der Waals surface area (Å²) in [6.07, 6.45) is -0.435. The van der Waals surface area contributed by atoms with Crippen molar-refractivity contribution in [1.82, 2.24) is 20.9 Å². The van der Waals surface area contributed by atoms with Crippen LogP contribution < -0.4 is 21.3 Å². The Morgan fingerprint density at radius 2 is 1.67 bits per heavy atom. The van der Waals surface area contributed by atoms with Crippen molar-refractivity contribution in [2.75, 3.05) is 25.5 Å². The summed E-state index contributed by atoms with van der Waals surface area (Å²) in [7, 11) is 1.57. The number of benzene rings is 3. The topological polar surface area (TPSA) is 143 Å². The molecule has 0 fully saturated rings. The molecule has 4 amide bonds. The quantitative estimate of drug-likeness (QED) is 0.204. The van der Waals surface area contributed by atoms with Gasteiger partial charge in [0.25, 0.3) is 0 Å². The van der Waals surface area contributed by atoms with E-state index in [0.29, 0.717) is 25.2 Å². The van der Waals surface area contributed by atoms with Gasteiger partial charge >= 0.3 is 6.03 Å². The maximum atomic E-state index is 13.8. The van der Waals surface area contributed by atoms with E-state index in [9.17, 15) is 19.5 Å². The van der Waals surface area contributed by atoms with E-state index in [1.165, 1.54) is 0 Å². The molecule has 4 rings (SSSR count). The lowest BCUT2D eigenvalue weighted by atomic mass is 9.98. The standard InChI is InChI=1S/C33H41N5O5/c1-33(2,35-18-26(40)21-39)17-30(41)36-29-16-24-8-4-5-9-25(24)20-38(31(29)42)19-22-12-14-23(15-13-22)27-10-6-7-11-28(27)37-32(43)34-3/h4-15,26,29,35,39-40H,16-21H2,1-3H3,(H,36,41)(H2,34,37,43)/t26-,29+/m0/s1. The summed E-state index contributed by atoms with van der Waals surface area (Å²) < 4.78 is 0. The van der Waals surface area contributed by atoms with E-state index >= 15 is 0 Å². The molecule has 0 unspecified atom stereocenters. The van der Waals surface area contributed by atoms with Gasteiger partial charge in [-0.1, -0.05) is 66.7 Å². The Morgan fingerprint density at radius 1 is 1.00 bits per heavy atom. The van der Waals surface area contributed by atoms with Crippen LogP contribution in [-0.2, 0) is 29.1 Å². The van der Waals surface area contributed by atoms with Gasteiger partial charge in [-0.3, -0.25) is 9.59 Å². The first kappa shape index (κ1) is 31.7. The monoisotopic (exact) mass is 587 g/mol. The highest BCUT2D eigenvalue weighted by Gasteiger charge is 2.32. The Kier molecular flexibility index (Phi) is 10.5. The first-order chi connectivity index (χ1) is 20.6. The molecule has 43 heavy (non-hydrogen) atoms. The number of nitrogens with zero attached hydrogens (tertiary/aromatic N) is 1. The van der Waals surface area contributed by atoms with Crippen LogP contribution in [0.4, 0.5) is 10.5 Å². The molecule has 3 aromatic rings. The number of rotatable bonds is 11. The fraction of sp³-hybridized carbons (Fsp3) is 0.364. The molecule has 0 saturated carbocycles. The molecule has 10 heteroatoms. The van der Waals surface area contributed by atoms with E-state index in [1.807, 2.05) is 86.6 Å². The Hall–Kier alpha value is -4.25. The molecular weight excluding hydrogens is 546 g/mol. The molecule has 1 aliphatic heterocycles. The Balaban J connectivity index is 1.49.